The molecule has 0 aliphatic carbocycles. The van der Waals surface area contributed by atoms with Gasteiger partial charge in [0.1, 0.15) is 0 Å². The van der Waals surface area contributed by atoms with E-state index in [1.165, 1.54) is 171 Å². The topological polar surface area (TPSA) is 19.7 Å². The zero-order valence-corrected chi connectivity index (χ0v) is 54.6. The first-order valence-corrected chi connectivity index (χ1v) is 34.5. The Bertz CT molecular complexity index is 6620. The molecule has 0 aliphatic heterocycles. The van der Waals surface area contributed by atoms with E-state index in [1.54, 1.807) is 0 Å². The highest BCUT2D eigenvalue weighted by Crippen LogP contribution is 2.43. The number of hydrogen-bond donors (Lipinski definition) is 0. The van der Waals surface area contributed by atoms with E-state index in [9.17, 15) is 0 Å². The monoisotopic (exact) mass is 1270 g/mol. The average Bonchev–Trinajstić information content (AvgIpc) is 1.60. The van der Waals surface area contributed by atoms with Gasteiger partial charge in [-0.1, -0.05) is 249 Å². The van der Waals surface area contributed by atoms with E-state index < -0.39 is 0 Å². The lowest BCUT2D eigenvalue weighted by Gasteiger charge is -2.13. The van der Waals surface area contributed by atoms with Gasteiger partial charge >= 0.3 is 0 Å². The smallest absolute Gasteiger partial charge is 0.0541 e. The van der Waals surface area contributed by atoms with E-state index in [4.69, 9.17) is 0 Å². The summed E-state index contributed by atoms with van der Waals surface area (Å²) in [7, 11) is 0. The molecule has 0 amide bonds. The van der Waals surface area contributed by atoms with Crippen LogP contribution in [0.2, 0.25) is 0 Å². The van der Waals surface area contributed by atoms with Crippen molar-refractivity contribution in [1.82, 2.24) is 18.3 Å². The van der Waals surface area contributed by atoms with Crippen molar-refractivity contribution in [2.45, 2.75) is 0 Å². The Kier molecular flexibility index (Phi) is 13.2. The lowest BCUT2D eigenvalue weighted by atomic mass is 9.94. The molecular formula is C96H62N4. The zero-order chi connectivity index (χ0) is 65.8. The van der Waals surface area contributed by atoms with Gasteiger partial charge in [0, 0.05) is 65.8 Å². The van der Waals surface area contributed by atoms with Crippen molar-refractivity contribution in [2.24, 2.45) is 0 Å². The first kappa shape index (κ1) is 57.0. The van der Waals surface area contributed by atoms with Crippen LogP contribution in [0.5, 0.6) is 0 Å². The molecule has 0 saturated heterocycles. The fourth-order valence-corrected chi connectivity index (χ4v) is 16.1. The maximum atomic E-state index is 2.43. The normalized spacial score (nSPS) is 11.8. The van der Waals surface area contributed by atoms with Gasteiger partial charge in [0.2, 0.25) is 0 Å². The summed E-state index contributed by atoms with van der Waals surface area (Å²) in [6.45, 7) is 0. The van der Waals surface area contributed by atoms with Gasteiger partial charge in [0.25, 0.3) is 0 Å². The SMILES string of the molecule is c1ccc(-c2ccccc2-c2cccc(-n3c4ccccc4c4cc(-c5ccc6c(c5)c5ccccc5n6-c5ccc(-c6cccc(-c7ccc(-c8cccc(-n9c%10ccccc%10c%10cc(-c%11ccc%12c(c%11)c%11ccccc%11n%12-c%11ccccc%11)ccc%109)c8)cc7)c6)cc5)ccc43)c2)cc1. The minimum atomic E-state index is 1.13. The van der Waals surface area contributed by atoms with Gasteiger partial charge in [-0.05, 0) is 205 Å². The Hall–Kier alpha value is -13.3. The molecule has 20 aromatic rings. The van der Waals surface area contributed by atoms with E-state index >= 15 is 0 Å². The Morgan fingerprint density at radius 2 is 0.370 bits per heavy atom. The van der Waals surface area contributed by atoms with E-state index in [-0.39, 0.29) is 0 Å². The van der Waals surface area contributed by atoms with Crippen LogP contribution in [-0.2, 0) is 0 Å². The number of hydrogen-bond acceptors (Lipinski definition) is 0. The maximum absolute atomic E-state index is 2.43. The molecule has 0 radical (unpaired) electrons. The molecule has 0 aliphatic rings. The summed E-state index contributed by atoms with van der Waals surface area (Å²) >= 11 is 0. The predicted molar refractivity (Wildman–Crippen MR) is 422 cm³/mol. The van der Waals surface area contributed by atoms with Gasteiger partial charge < -0.3 is 18.3 Å². The number of para-hydroxylation sites is 5. The van der Waals surface area contributed by atoms with Gasteiger partial charge in [0.05, 0.1) is 44.1 Å². The Morgan fingerprint density at radius 1 is 0.120 bits per heavy atom. The quantitative estimate of drug-likeness (QED) is 0.123. The van der Waals surface area contributed by atoms with Gasteiger partial charge in [-0.2, -0.15) is 0 Å². The third kappa shape index (κ3) is 9.37. The molecule has 100 heavy (non-hydrogen) atoms. The average molecular weight is 1270 g/mol. The van der Waals surface area contributed by atoms with Crippen molar-refractivity contribution < 1.29 is 0 Å². The number of nitrogens with zero attached hydrogens (tertiary/aromatic N) is 4. The first-order chi connectivity index (χ1) is 49.6. The second kappa shape index (κ2) is 23.2. The van der Waals surface area contributed by atoms with Crippen LogP contribution in [0.25, 0.3) is 188 Å². The molecule has 4 nitrogen and oxygen atoms in total. The van der Waals surface area contributed by atoms with Crippen molar-refractivity contribution in [1.29, 1.82) is 0 Å². The van der Waals surface area contributed by atoms with Crippen LogP contribution < -0.4 is 0 Å². The van der Waals surface area contributed by atoms with Crippen molar-refractivity contribution in [3.8, 4) is 101 Å². The minimum absolute atomic E-state index is 1.13. The van der Waals surface area contributed by atoms with Gasteiger partial charge in [-0.25, -0.2) is 0 Å². The summed E-state index contributed by atoms with van der Waals surface area (Å²) in [5, 5.41) is 9.90. The molecule has 0 bridgehead atoms. The third-order valence-electron chi connectivity index (χ3n) is 20.8. The van der Waals surface area contributed by atoms with Gasteiger partial charge in [0.15, 0.2) is 0 Å². The number of aromatic nitrogens is 4. The van der Waals surface area contributed by atoms with E-state index in [0.29, 0.717) is 0 Å². The number of benzene rings is 16. The molecule has 0 fully saturated rings. The molecule has 466 valence electrons. The summed E-state index contributed by atoms with van der Waals surface area (Å²) in [6.07, 6.45) is 0. The molecule has 0 saturated carbocycles. The Morgan fingerprint density at radius 3 is 0.790 bits per heavy atom. The lowest BCUT2D eigenvalue weighted by Crippen LogP contribution is -1.95. The minimum Gasteiger partial charge on any atom is -0.309 e. The highest BCUT2D eigenvalue weighted by molar-refractivity contribution is 6.15. The standard InChI is InChI=1S/C96H62N4/c1-3-20-66(21-4-1)79-30-7-8-31-80(79)74-25-19-29-78(58-74)100-92-39-16-12-35-84(92)88-62-73(49-55-96(88)100)71-47-53-94-86(60-71)82-33-10-14-37-90(82)98(94)76-50-44-65(45-51-76)68-23-17-22-67(56-68)63-40-42-64(43-41-63)69-24-18-28-77(57-69)99-91-38-15-11-34-83(91)87-61-72(48-54-95(87)99)70-46-52-93-85(59-70)81-32-9-13-36-89(81)97(93)75-26-5-2-6-27-75/h1-62H. The van der Waals surface area contributed by atoms with Crippen molar-refractivity contribution in [2.75, 3.05) is 0 Å². The van der Waals surface area contributed by atoms with Crippen LogP contribution in [0.3, 0.4) is 0 Å². The third-order valence-corrected chi connectivity index (χ3v) is 20.8. The van der Waals surface area contributed by atoms with Crippen molar-refractivity contribution in [3.63, 3.8) is 0 Å². The summed E-state index contributed by atoms with van der Waals surface area (Å²) in [4.78, 5) is 0. The summed E-state index contributed by atoms with van der Waals surface area (Å²) in [5.41, 5.74) is 30.8. The molecule has 0 spiro atoms. The highest BCUT2D eigenvalue weighted by atomic mass is 15.0. The summed E-state index contributed by atoms with van der Waals surface area (Å²) in [5.74, 6) is 0. The maximum Gasteiger partial charge on any atom is 0.0541 e. The lowest BCUT2D eigenvalue weighted by molar-refractivity contribution is 1.18. The molecule has 4 aromatic heterocycles. The molecule has 0 N–H and O–H groups in total. The molecule has 4 heteroatoms. The fraction of sp³-hybridized carbons (Fsp3) is 0. The van der Waals surface area contributed by atoms with Crippen LogP contribution in [0, 0.1) is 0 Å². The Labute approximate surface area is 578 Å². The fourth-order valence-electron chi connectivity index (χ4n) is 16.1. The highest BCUT2D eigenvalue weighted by Gasteiger charge is 2.21. The Balaban J connectivity index is 0.573. The second-order valence-corrected chi connectivity index (χ2v) is 26.4. The molecule has 0 unspecified atom stereocenters. The molecule has 16 aromatic carbocycles. The van der Waals surface area contributed by atoms with Crippen LogP contribution in [0.4, 0.5) is 0 Å². The summed E-state index contributed by atoms with van der Waals surface area (Å²) in [6, 6.07) is 138. The second-order valence-electron chi connectivity index (χ2n) is 26.4. The van der Waals surface area contributed by atoms with Crippen molar-refractivity contribution >= 4 is 87.2 Å². The molecule has 4 heterocycles. The first-order valence-electron chi connectivity index (χ1n) is 34.5. The number of fused-ring (bicyclic) bond motifs is 12. The van der Waals surface area contributed by atoms with Crippen LogP contribution in [0.15, 0.2) is 376 Å². The summed E-state index contributed by atoms with van der Waals surface area (Å²) < 4.78 is 9.65. The van der Waals surface area contributed by atoms with Gasteiger partial charge in [-0.15, -0.1) is 0 Å². The van der Waals surface area contributed by atoms with E-state index in [1.807, 2.05) is 0 Å². The largest absolute Gasteiger partial charge is 0.309 e. The van der Waals surface area contributed by atoms with E-state index in [0.717, 1.165) is 17.1 Å². The van der Waals surface area contributed by atoms with Crippen LogP contribution in [0.1, 0.15) is 0 Å². The van der Waals surface area contributed by atoms with Gasteiger partial charge in [-0.3, -0.25) is 0 Å². The van der Waals surface area contributed by atoms with Crippen molar-refractivity contribution in [3.05, 3.63) is 376 Å². The predicted octanol–water partition coefficient (Wildman–Crippen LogP) is 25.7. The van der Waals surface area contributed by atoms with E-state index in [2.05, 4.69) is 394 Å². The van der Waals surface area contributed by atoms with Crippen LogP contribution in [-0.4, -0.2) is 18.3 Å². The molecule has 20 rings (SSSR count). The number of rotatable bonds is 11. The molecular weight excluding hydrogens is 1210 g/mol. The molecule has 0 atom stereocenters. The zero-order valence-electron chi connectivity index (χ0n) is 54.6. The van der Waals surface area contributed by atoms with Crippen LogP contribution >= 0.6 is 0 Å².